The summed E-state index contributed by atoms with van der Waals surface area (Å²) in [5.41, 5.74) is -4.57. The lowest BCUT2D eigenvalue weighted by molar-refractivity contribution is -0.177. The number of halogens is 6. The van der Waals surface area contributed by atoms with E-state index < -0.39 is 63.8 Å². The van der Waals surface area contributed by atoms with E-state index in [-0.39, 0.29) is 69.7 Å². The predicted molar refractivity (Wildman–Crippen MR) is 181 cm³/mol. The molecule has 3 N–H and O–H groups in total. The summed E-state index contributed by atoms with van der Waals surface area (Å²) in [6, 6.07) is 8.61. The van der Waals surface area contributed by atoms with E-state index in [1.165, 1.54) is 21.6 Å². The molecule has 3 aromatic rings. The number of thioether (sulfide) groups is 1. The molecule has 3 unspecified atom stereocenters. The van der Waals surface area contributed by atoms with Crippen molar-refractivity contribution in [3.8, 4) is 5.75 Å². The van der Waals surface area contributed by atoms with Gasteiger partial charge in [0.1, 0.15) is 10.6 Å². The van der Waals surface area contributed by atoms with E-state index in [1.807, 2.05) is 0 Å². The van der Waals surface area contributed by atoms with Crippen molar-refractivity contribution in [3.05, 3.63) is 75.7 Å². The number of aliphatic hydroxyl groups is 2. The Hall–Kier alpha value is -3.38. The second-order valence-corrected chi connectivity index (χ2v) is 14.9. The van der Waals surface area contributed by atoms with Crippen LogP contribution in [0.1, 0.15) is 79.8 Å². The van der Waals surface area contributed by atoms with Crippen LogP contribution < -0.4 is 4.74 Å². The number of carbonyl (C=O) groups excluding carboxylic acids is 1. The van der Waals surface area contributed by atoms with E-state index in [1.54, 1.807) is 31.2 Å². The molecule has 17 heteroatoms. The summed E-state index contributed by atoms with van der Waals surface area (Å²) >= 11 is 1.67. The maximum Gasteiger partial charge on any atom is 0.425 e. The smallest absolute Gasteiger partial charge is 0.425 e. The second-order valence-electron chi connectivity index (χ2n) is 12.9. The molecule has 2 fully saturated rings. The van der Waals surface area contributed by atoms with Crippen molar-refractivity contribution in [2.45, 2.75) is 92.6 Å². The lowest BCUT2D eigenvalue weighted by atomic mass is 9.78. The van der Waals surface area contributed by atoms with Crippen LogP contribution in [0.5, 0.6) is 5.75 Å². The zero-order valence-corrected chi connectivity index (χ0v) is 29.8. The van der Waals surface area contributed by atoms with Crippen LogP contribution in [0.25, 0.3) is 0 Å². The van der Waals surface area contributed by atoms with Gasteiger partial charge in [-0.15, -0.1) is 23.1 Å². The van der Waals surface area contributed by atoms with Crippen LogP contribution in [0.2, 0.25) is 0 Å². The average Bonchev–Trinajstić information content (AvgIpc) is 3.58. The standard InChI is InChI=1S/C35H39F6N3O6S2/c1-2-7-26-33(50-22-20-27(52-21-22)35(39,40)41,12-6-16-44(26)30(47)29-24(34(36,37)38)9-5-15-42-29)31(48)43-17-13-32(49,14-18-43)23-8-3-4-10-25(23)51-19-11-28(45)46/h3-5,8-10,15,20-21,26,30,47,49H,2,6-7,11-14,16-19H2,1H3,(H,45,46). The molecule has 0 saturated carbocycles. The number of carboxylic acids is 1. The molecule has 0 bridgehead atoms. The van der Waals surface area contributed by atoms with Gasteiger partial charge in [0.05, 0.1) is 29.3 Å². The molecule has 52 heavy (non-hydrogen) atoms. The third-order valence-electron chi connectivity index (χ3n) is 9.52. The lowest BCUT2D eigenvalue weighted by Gasteiger charge is -2.52. The normalized spacial score (nSPS) is 21.9. The summed E-state index contributed by atoms with van der Waals surface area (Å²) in [5.74, 6) is -1.54. The highest BCUT2D eigenvalue weighted by Gasteiger charge is 2.56. The summed E-state index contributed by atoms with van der Waals surface area (Å²) in [7, 11) is 0. The number of aliphatic hydroxyl groups excluding tert-OH is 1. The number of likely N-dealkylation sites (tertiary alicyclic amines) is 2. The number of hydrogen-bond donors (Lipinski definition) is 3. The number of amides is 1. The number of aliphatic carboxylic acids is 1. The van der Waals surface area contributed by atoms with Gasteiger partial charge in [-0.3, -0.25) is 19.5 Å². The maximum atomic E-state index is 14.9. The quantitative estimate of drug-likeness (QED) is 0.128. The number of pyridine rings is 1. The number of aromatic nitrogens is 1. The van der Waals surface area contributed by atoms with Crippen molar-refractivity contribution in [3.63, 3.8) is 0 Å². The van der Waals surface area contributed by atoms with Crippen LogP contribution in [0, 0.1) is 0 Å². The van der Waals surface area contributed by atoms with Crippen LogP contribution in [0.3, 0.4) is 0 Å². The van der Waals surface area contributed by atoms with Gasteiger partial charge in [0.2, 0.25) is 5.60 Å². The van der Waals surface area contributed by atoms with Crippen LogP contribution in [0.15, 0.2) is 58.9 Å². The maximum absolute atomic E-state index is 14.9. The number of piperidine rings is 2. The van der Waals surface area contributed by atoms with Crippen LogP contribution in [-0.2, 0) is 27.5 Å². The van der Waals surface area contributed by atoms with Crippen molar-refractivity contribution in [2.24, 2.45) is 0 Å². The number of thiophene rings is 1. The van der Waals surface area contributed by atoms with E-state index in [0.717, 1.165) is 29.8 Å². The Morgan fingerprint density at radius 2 is 1.77 bits per heavy atom. The topological polar surface area (TPSA) is 123 Å². The highest BCUT2D eigenvalue weighted by molar-refractivity contribution is 7.99. The summed E-state index contributed by atoms with van der Waals surface area (Å²) < 4.78 is 89.4. The van der Waals surface area contributed by atoms with E-state index >= 15 is 0 Å². The molecule has 2 aromatic heterocycles. The van der Waals surface area contributed by atoms with Gasteiger partial charge in [-0.1, -0.05) is 31.5 Å². The SMILES string of the molecule is CCCC1N(C(O)c2ncccc2C(F)(F)F)CCCC1(Oc1csc(C(F)(F)F)c1)C(=O)N1CCC(O)(c2ccccc2SCCC(=O)O)CC1. The van der Waals surface area contributed by atoms with Crippen molar-refractivity contribution < 1.29 is 56.0 Å². The summed E-state index contributed by atoms with van der Waals surface area (Å²) in [6.07, 6.45) is -9.66. The number of rotatable bonds is 12. The van der Waals surface area contributed by atoms with Crippen molar-refractivity contribution in [1.29, 1.82) is 0 Å². The Morgan fingerprint density at radius 3 is 2.40 bits per heavy atom. The van der Waals surface area contributed by atoms with E-state index in [4.69, 9.17) is 9.84 Å². The predicted octanol–water partition coefficient (Wildman–Crippen LogP) is 7.33. The zero-order chi connectivity index (χ0) is 37.9. The summed E-state index contributed by atoms with van der Waals surface area (Å²) in [5, 5.41) is 33.6. The molecule has 9 nitrogen and oxygen atoms in total. The monoisotopic (exact) mass is 775 g/mol. The van der Waals surface area contributed by atoms with Gasteiger partial charge in [-0.25, -0.2) is 0 Å². The first-order valence-electron chi connectivity index (χ1n) is 16.8. The third-order valence-corrected chi connectivity index (χ3v) is 11.6. The first kappa shape index (κ1) is 39.8. The van der Waals surface area contributed by atoms with Crippen LogP contribution in [-0.4, -0.2) is 79.0 Å². The molecule has 1 amide bonds. The Morgan fingerprint density at radius 1 is 1.06 bits per heavy atom. The number of ether oxygens (including phenoxy) is 1. The van der Waals surface area contributed by atoms with Gasteiger partial charge in [-0.05, 0) is 55.9 Å². The largest absolute Gasteiger partial charge is 0.481 e. The van der Waals surface area contributed by atoms with E-state index in [2.05, 4.69) is 4.98 Å². The summed E-state index contributed by atoms with van der Waals surface area (Å²) in [4.78, 5) is 32.3. The fraction of sp³-hybridized carbons (Fsp3) is 0.514. The number of hydrogen-bond acceptors (Lipinski definition) is 9. The number of carboxylic acid groups (broad SMARTS) is 1. The van der Waals surface area contributed by atoms with Gasteiger partial charge >= 0.3 is 18.3 Å². The molecule has 0 aliphatic carbocycles. The number of alkyl halides is 6. The van der Waals surface area contributed by atoms with Crippen molar-refractivity contribution >= 4 is 35.0 Å². The summed E-state index contributed by atoms with van der Waals surface area (Å²) in [6.45, 7) is 1.83. The molecular formula is C35H39F6N3O6S2. The molecule has 2 aliphatic rings. The molecule has 4 heterocycles. The van der Waals surface area contributed by atoms with Crippen LogP contribution >= 0.6 is 23.1 Å². The minimum Gasteiger partial charge on any atom is -0.481 e. The van der Waals surface area contributed by atoms with E-state index in [0.29, 0.717) is 28.2 Å². The van der Waals surface area contributed by atoms with Crippen molar-refractivity contribution in [2.75, 3.05) is 25.4 Å². The highest BCUT2D eigenvalue weighted by Crippen LogP contribution is 2.46. The van der Waals surface area contributed by atoms with Gasteiger partial charge in [0.25, 0.3) is 5.91 Å². The number of benzene rings is 1. The zero-order valence-electron chi connectivity index (χ0n) is 28.1. The molecule has 0 spiro atoms. The first-order chi connectivity index (χ1) is 24.5. The molecule has 5 rings (SSSR count). The first-order valence-corrected chi connectivity index (χ1v) is 18.6. The molecule has 284 valence electrons. The van der Waals surface area contributed by atoms with Crippen LogP contribution in [0.4, 0.5) is 26.3 Å². The molecule has 2 saturated heterocycles. The Balaban J connectivity index is 1.49. The van der Waals surface area contributed by atoms with Gasteiger partial charge < -0.3 is 25.0 Å². The van der Waals surface area contributed by atoms with Gasteiger partial charge in [0, 0.05) is 47.9 Å². The fourth-order valence-electron chi connectivity index (χ4n) is 7.09. The number of nitrogens with zero attached hydrogens (tertiary/aromatic N) is 3. The third kappa shape index (κ3) is 8.54. The van der Waals surface area contributed by atoms with E-state index in [9.17, 15) is 46.1 Å². The minimum absolute atomic E-state index is 0.00488. The molecule has 3 atom stereocenters. The van der Waals surface area contributed by atoms with Gasteiger partial charge in [-0.2, -0.15) is 26.3 Å². The Kier molecular flexibility index (Phi) is 12.2. The second kappa shape index (κ2) is 15.9. The molecule has 0 radical (unpaired) electrons. The molecular weight excluding hydrogens is 737 g/mol. The highest BCUT2D eigenvalue weighted by atomic mass is 32.2. The van der Waals surface area contributed by atoms with Gasteiger partial charge in [0.15, 0.2) is 6.23 Å². The lowest BCUT2D eigenvalue weighted by Crippen LogP contribution is -2.68. The fourth-order valence-corrected chi connectivity index (χ4v) is 8.85. The number of carbonyl (C=O) groups is 2. The molecule has 2 aliphatic heterocycles. The molecule has 1 aromatic carbocycles. The average molecular weight is 776 g/mol. The Labute approximate surface area is 304 Å². The minimum atomic E-state index is -4.85. The van der Waals surface area contributed by atoms with Crippen molar-refractivity contribution in [1.82, 2.24) is 14.8 Å². The Bertz CT molecular complexity index is 1710.